The second-order valence-electron chi connectivity index (χ2n) is 13.6. The van der Waals surface area contributed by atoms with E-state index in [9.17, 15) is 19.8 Å². The Balaban J connectivity index is 0.000000492. The van der Waals surface area contributed by atoms with Crippen LogP contribution in [0.25, 0.3) is 0 Å². The first-order chi connectivity index (χ1) is 21.0. The van der Waals surface area contributed by atoms with Crippen LogP contribution in [0.3, 0.4) is 0 Å². The molecule has 2 saturated heterocycles. The normalized spacial score (nSPS) is 27.4. The first kappa shape index (κ1) is 32.2. The predicted octanol–water partition coefficient (Wildman–Crippen LogP) is 5.45. The fourth-order valence-corrected chi connectivity index (χ4v) is 7.57. The van der Waals surface area contributed by atoms with Gasteiger partial charge >= 0.3 is 0 Å². The molecule has 1 spiro atoms. The van der Waals surface area contributed by atoms with Crippen molar-refractivity contribution in [2.24, 2.45) is 29.4 Å². The van der Waals surface area contributed by atoms with Crippen molar-refractivity contribution in [1.82, 2.24) is 10.2 Å². The van der Waals surface area contributed by atoms with Crippen LogP contribution in [-0.4, -0.2) is 59.6 Å². The molecule has 3 fully saturated rings. The SMILES string of the molecule is C1CCC1.C=C1C(C(N)=O)=C(O)C[C@@H]2CC3Cc4c(F)c(CN5CCC(C(C)C)CC5)cc(O)c4C(=O)C3=C3O[C@]132.CNC. The minimum atomic E-state index is -1.04. The van der Waals surface area contributed by atoms with Crippen LogP contribution < -0.4 is 11.1 Å². The van der Waals surface area contributed by atoms with Crippen LogP contribution in [0.4, 0.5) is 4.39 Å². The van der Waals surface area contributed by atoms with E-state index in [0.29, 0.717) is 41.7 Å². The van der Waals surface area contributed by atoms with Gasteiger partial charge in [-0.25, -0.2) is 4.39 Å². The number of ketones is 1. The quantitative estimate of drug-likeness (QED) is 0.334. The molecule has 5 N–H and O–H groups in total. The molecule has 9 heteroatoms. The van der Waals surface area contributed by atoms with Crippen molar-refractivity contribution in [3.05, 3.63) is 63.4 Å². The standard InChI is InChI=1S/C29H33FN2O5.C4H8.C2H7N/c1-13(2)15-4-6-32(7-5-15)12-17-10-20(33)24-19(25(17)30)9-16-8-18-11-21(34)22(28(31)36)14(3)29(18)27(37-29)23(16)26(24)35;1-2-4-3-1;1-3-2/h10,13,15-16,18,33-34H,3-9,11-12H2,1-2H3,(H2,31,36);1-4H2;3H,1-2H3/t16?,18-,29-;;/m0../s1. The summed E-state index contributed by atoms with van der Waals surface area (Å²) in [5.41, 5.74) is 5.73. The maximum absolute atomic E-state index is 15.9. The summed E-state index contributed by atoms with van der Waals surface area (Å²) >= 11 is 0. The number of amides is 1. The molecule has 1 saturated carbocycles. The number of nitrogens with zero attached hydrogens (tertiary/aromatic N) is 1. The molecule has 6 aliphatic rings. The number of fused-ring (bicyclic) bond motifs is 2. The Morgan fingerprint density at radius 2 is 1.80 bits per heavy atom. The number of hydrogen-bond acceptors (Lipinski definition) is 7. The lowest BCUT2D eigenvalue weighted by Crippen LogP contribution is -2.41. The highest BCUT2D eigenvalue weighted by atomic mass is 19.1. The van der Waals surface area contributed by atoms with Crippen LogP contribution in [0.5, 0.6) is 5.75 Å². The predicted molar refractivity (Wildman–Crippen MR) is 167 cm³/mol. The van der Waals surface area contributed by atoms with E-state index in [-0.39, 0.29) is 58.5 Å². The number of phenolic OH excluding ortho intramolecular Hbond substituents is 1. The lowest BCUT2D eigenvalue weighted by atomic mass is 9.62. The van der Waals surface area contributed by atoms with Crippen LogP contribution in [0.2, 0.25) is 0 Å². The Kier molecular flexibility index (Phi) is 9.29. The number of aromatic hydroxyl groups is 1. The van der Waals surface area contributed by atoms with Crippen molar-refractivity contribution >= 4 is 11.7 Å². The second kappa shape index (κ2) is 12.7. The smallest absolute Gasteiger partial charge is 0.252 e. The van der Waals surface area contributed by atoms with E-state index >= 15 is 4.39 Å². The van der Waals surface area contributed by atoms with Crippen molar-refractivity contribution < 1.29 is 28.9 Å². The minimum Gasteiger partial charge on any atom is -0.511 e. The molecular formula is C35H48FN3O5. The second-order valence-corrected chi connectivity index (χ2v) is 13.6. The highest BCUT2D eigenvalue weighted by Crippen LogP contribution is 2.65. The number of carbonyl (C=O) groups excluding carboxylic acids is 2. The number of benzene rings is 1. The van der Waals surface area contributed by atoms with Crippen LogP contribution in [0, 0.1) is 29.5 Å². The molecule has 8 nitrogen and oxygen atoms in total. The van der Waals surface area contributed by atoms with E-state index in [2.05, 4.69) is 30.6 Å². The molecule has 0 aromatic heterocycles. The third kappa shape index (κ3) is 5.58. The molecule has 0 radical (unpaired) electrons. The number of piperidine rings is 1. The molecular weight excluding hydrogens is 561 g/mol. The molecule has 2 heterocycles. The molecule has 1 amide bonds. The van der Waals surface area contributed by atoms with Gasteiger partial charge in [0.05, 0.1) is 11.1 Å². The molecule has 7 rings (SSSR count). The topological polar surface area (TPSA) is 128 Å². The number of nitrogens with two attached hydrogens (primary N) is 1. The number of halogens is 1. The van der Waals surface area contributed by atoms with Crippen LogP contribution in [0.15, 0.2) is 40.9 Å². The lowest BCUT2D eigenvalue weighted by Gasteiger charge is -2.38. The molecule has 2 aliphatic heterocycles. The number of aliphatic hydroxyl groups excluding tert-OH is 1. The van der Waals surface area contributed by atoms with Crippen LogP contribution in [-0.2, 0) is 22.5 Å². The van der Waals surface area contributed by atoms with E-state index in [1.54, 1.807) is 0 Å². The molecule has 240 valence electrons. The van der Waals surface area contributed by atoms with Crippen molar-refractivity contribution in [2.45, 2.75) is 83.8 Å². The zero-order valence-electron chi connectivity index (χ0n) is 26.6. The third-order valence-electron chi connectivity index (χ3n) is 10.4. The van der Waals surface area contributed by atoms with Crippen molar-refractivity contribution in [1.29, 1.82) is 0 Å². The Bertz CT molecular complexity index is 1400. The van der Waals surface area contributed by atoms with Gasteiger partial charge in [-0.15, -0.1) is 0 Å². The lowest BCUT2D eigenvalue weighted by molar-refractivity contribution is -0.114. The van der Waals surface area contributed by atoms with Gasteiger partial charge in [-0.2, -0.15) is 0 Å². The number of allylic oxidation sites excluding steroid dienone is 2. The van der Waals surface area contributed by atoms with Gasteiger partial charge in [-0.1, -0.05) is 46.1 Å². The van der Waals surface area contributed by atoms with E-state index in [4.69, 9.17) is 10.5 Å². The van der Waals surface area contributed by atoms with E-state index in [1.165, 1.54) is 31.7 Å². The number of phenols is 1. The van der Waals surface area contributed by atoms with E-state index < -0.39 is 23.1 Å². The maximum Gasteiger partial charge on any atom is 0.252 e. The average molecular weight is 610 g/mol. The van der Waals surface area contributed by atoms with E-state index in [0.717, 1.165) is 25.9 Å². The van der Waals surface area contributed by atoms with Gasteiger partial charge in [0.15, 0.2) is 17.1 Å². The summed E-state index contributed by atoms with van der Waals surface area (Å²) in [4.78, 5) is 27.8. The highest BCUT2D eigenvalue weighted by Gasteiger charge is 2.69. The summed E-state index contributed by atoms with van der Waals surface area (Å²) in [5.74, 6) is -0.811. The number of hydrogen-bond donors (Lipinski definition) is 4. The first-order valence-corrected chi connectivity index (χ1v) is 16.2. The highest BCUT2D eigenvalue weighted by molar-refractivity contribution is 6.14. The number of primary amides is 1. The number of carbonyl (C=O) groups is 2. The Labute approximate surface area is 260 Å². The van der Waals surface area contributed by atoms with Gasteiger partial charge in [0.25, 0.3) is 5.91 Å². The fourth-order valence-electron chi connectivity index (χ4n) is 7.57. The summed E-state index contributed by atoms with van der Waals surface area (Å²) in [6.45, 7) is 10.6. The van der Waals surface area contributed by atoms with Gasteiger partial charge in [0.2, 0.25) is 0 Å². The summed E-state index contributed by atoms with van der Waals surface area (Å²) in [5, 5.41) is 24.1. The Morgan fingerprint density at radius 1 is 1.18 bits per heavy atom. The fraction of sp³-hybridized carbons (Fsp3) is 0.600. The molecule has 3 atom stereocenters. The van der Waals surface area contributed by atoms with Crippen molar-refractivity contribution in [2.75, 3.05) is 27.2 Å². The van der Waals surface area contributed by atoms with Crippen LogP contribution >= 0.6 is 0 Å². The zero-order valence-corrected chi connectivity index (χ0v) is 26.6. The van der Waals surface area contributed by atoms with Crippen LogP contribution in [0.1, 0.15) is 86.7 Å². The number of nitrogens with one attached hydrogen (secondary N) is 1. The summed E-state index contributed by atoms with van der Waals surface area (Å²) in [6.07, 6.45) is 9.04. The number of Topliss-reactive ketones (excluding diaryl/α,β-unsaturated/α-hetero) is 1. The molecule has 1 unspecified atom stereocenters. The molecule has 0 bridgehead atoms. The number of likely N-dealkylation sites (tertiary alicyclic amines) is 1. The maximum atomic E-state index is 15.9. The van der Waals surface area contributed by atoms with Gasteiger partial charge in [0.1, 0.15) is 17.3 Å². The number of epoxide rings is 1. The number of rotatable bonds is 4. The van der Waals surface area contributed by atoms with Gasteiger partial charge < -0.3 is 26.0 Å². The molecule has 4 aliphatic carbocycles. The van der Waals surface area contributed by atoms with Crippen molar-refractivity contribution in [3.63, 3.8) is 0 Å². The van der Waals surface area contributed by atoms with Gasteiger partial charge in [0, 0.05) is 41.2 Å². The van der Waals surface area contributed by atoms with Gasteiger partial charge in [-0.3, -0.25) is 14.5 Å². The minimum absolute atomic E-state index is 0.00227. The van der Waals surface area contributed by atoms with Crippen molar-refractivity contribution in [3.8, 4) is 5.75 Å². The summed E-state index contributed by atoms with van der Waals surface area (Å²) in [7, 11) is 3.75. The number of ether oxygens (including phenoxy) is 1. The van der Waals surface area contributed by atoms with Gasteiger partial charge in [-0.05, 0) is 76.7 Å². The summed E-state index contributed by atoms with van der Waals surface area (Å²) < 4.78 is 21.9. The summed E-state index contributed by atoms with van der Waals surface area (Å²) in [6, 6.07) is 1.40. The molecule has 1 aromatic rings. The molecule has 1 aromatic carbocycles. The monoisotopic (exact) mass is 609 g/mol. The average Bonchev–Trinajstić information content (AvgIpc) is 3.67. The first-order valence-electron chi connectivity index (χ1n) is 16.2. The zero-order chi connectivity index (χ0) is 31.9. The molecule has 44 heavy (non-hydrogen) atoms. The van der Waals surface area contributed by atoms with E-state index in [1.807, 2.05) is 14.1 Å². The Hall–Kier alpha value is -3.17. The number of aliphatic hydroxyl groups is 1. The Morgan fingerprint density at radius 3 is 2.34 bits per heavy atom. The third-order valence-corrected chi connectivity index (χ3v) is 10.4. The largest absolute Gasteiger partial charge is 0.511 e.